The Labute approximate surface area is 192 Å². The fourth-order valence-corrected chi connectivity index (χ4v) is 5.50. The second-order valence-electron chi connectivity index (χ2n) is 8.00. The van der Waals surface area contributed by atoms with Crippen LogP contribution >= 0.6 is 0 Å². The van der Waals surface area contributed by atoms with E-state index in [9.17, 15) is 22.0 Å². The zero-order valence-electron chi connectivity index (χ0n) is 17.9. The maximum atomic E-state index is 13.6. The molecular weight excluding hydrogens is 446 g/mol. The molecule has 3 aromatic carbocycles. The van der Waals surface area contributed by atoms with Crippen LogP contribution in [0.1, 0.15) is 18.4 Å². The van der Waals surface area contributed by atoms with E-state index < -0.39 is 21.7 Å². The highest BCUT2D eigenvalue weighted by Gasteiger charge is 2.34. The van der Waals surface area contributed by atoms with Gasteiger partial charge in [0, 0.05) is 24.7 Å². The van der Waals surface area contributed by atoms with Crippen molar-refractivity contribution in [3.8, 4) is 0 Å². The molecule has 1 aliphatic rings. The highest BCUT2D eigenvalue weighted by molar-refractivity contribution is 7.89. The summed E-state index contributed by atoms with van der Waals surface area (Å²) in [6.07, 6.45) is 0.694. The predicted molar refractivity (Wildman–Crippen MR) is 122 cm³/mol. The first kappa shape index (κ1) is 23.1. The standard InChI is InChI=1S/C25H24F2N2O3S/c26-23-12-11-22(17-24(23)27)33(31,32)28-15-13-20(14-16-28)25(30)29(21-9-5-2-6-10-21)18-19-7-3-1-4-8-19/h1-12,17,20H,13-16,18H2. The molecule has 0 spiro atoms. The number of hydrogen-bond donors (Lipinski definition) is 0. The maximum Gasteiger partial charge on any atom is 0.243 e. The third kappa shape index (κ3) is 5.12. The Kier molecular flexibility index (Phi) is 6.85. The number of para-hydroxylation sites is 1. The number of sulfonamides is 1. The van der Waals surface area contributed by atoms with Crippen LogP contribution in [0.25, 0.3) is 0 Å². The van der Waals surface area contributed by atoms with Crippen molar-refractivity contribution in [1.29, 1.82) is 0 Å². The molecule has 0 aromatic heterocycles. The lowest BCUT2D eigenvalue weighted by molar-refractivity contribution is -0.123. The Hall–Kier alpha value is -3.10. The van der Waals surface area contributed by atoms with Gasteiger partial charge < -0.3 is 4.90 Å². The third-order valence-corrected chi connectivity index (χ3v) is 7.74. The van der Waals surface area contributed by atoms with Crippen LogP contribution in [0.5, 0.6) is 0 Å². The number of anilines is 1. The minimum atomic E-state index is -3.97. The van der Waals surface area contributed by atoms with Gasteiger partial charge in [-0.05, 0) is 48.7 Å². The number of hydrogen-bond acceptors (Lipinski definition) is 3. The van der Waals surface area contributed by atoms with E-state index in [4.69, 9.17) is 0 Å². The fourth-order valence-electron chi connectivity index (χ4n) is 4.02. The second kappa shape index (κ2) is 9.80. The summed E-state index contributed by atoms with van der Waals surface area (Å²) in [6.45, 7) is 0.675. The molecule has 5 nitrogen and oxygen atoms in total. The summed E-state index contributed by atoms with van der Waals surface area (Å²) in [5.74, 6) is -2.71. The van der Waals surface area contributed by atoms with Gasteiger partial charge in [-0.1, -0.05) is 48.5 Å². The summed E-state index contributed by atoms with van der Waals surface area (Å²) >= 11 is 0. The van der Waals surface area contributed by atoms with Gasteiger partial charge in [-0.25, -0.2) is 17.2 Å². The van der Waals surface area contributed by atoms with Crippen LogP contribution in [0, 0.1) is 17.6 Å². The van der Waals surface area contributed by atoms with E-state index in [-0.39, 0.29) is 29.8 Å². The average Bonchev–Trinajstić information content (AvgIpc) is 2.85. The van der Waals surface area contributed by atoms with Crippen LogP contribution < -0.4 is 4.90 Å². The van der Waals surface area contributed by atoms with Gasteiger partial charge in [-0.15, -0.1) is 0 Å². The van der Waals surface area contributed by atoms with E-state index in [0.29, 0.717) is 25.5 Å². The molecule has 3 aromatic rings. The van der Waals surface area contributed by atoms with Gasteiger partial charge in [0.15, 0.2) is 11.6 Å². The van der Waals surface area contributed by atoms with Crippen molar-refractivity contribution in [3.05, 3.63) is 96.1 Å². The minimum absolute atomic E-state index is 0.0603. The van der Waals surface area contributed by atoms with Crippen molar-refractivity contribution in [2.24, 2.45) is 5.92 Å². The maximum absolute atomic E-state index is 13.6. The highest BCUT2D eigenvalue weighted by Crippen LogP contribution is 2.28. The lowest BCUT2D eigenvalue weighted by Gasteiger charge is -2.34. The highest BCUT2D eigenvalue weighted by atomic mass is 32.2. The molecule has 4 rings (SSSR count). The molecular formula is C25H24F2N2O3S. The van der Waals surface area contributed by atoms with E-state index in [1.54, 1.807) is 4.90 Å². The molecule has 0 unspecified atom stereocenters. The molecule has 1 amide bonds. The summed E-state index contributed by atoms with van der Waals surface area (Å²) in [6, 6.07) is 21.6. The molecule has 8 heteroatoms. The molecule has 0 bridgehead atoms. The molecule has 0 aliphatic carbocycles. The molecule has 33 heavy (non-hydrogen) atoms. The lowest BCUT2D eigenvalue weighted by atomic mass is 9.96. The summed E-state index contributed by atoms with van der Waals surface area (Å²) in [5, 5.41) is 0. The summed E-state index contributed by atoms with van der Waals surface area (Å²) in [4.78, 5) is 14.9. The topological polar surface area (TPSA) is 57.7 Å². The molecule has 1 heterocycles. The molecule has 0 saturated carbocycles. The first-order valence-corrected chi connectivity index (χ1v) is 12.2. The van der Waals surface area contributed by atoms with Gasteiger partial charge >= 0.3 is 0 Å². The molecule has 0 atom stereocenters. The summed E-state index contributed by atoms with van der Waals surface area (Å²) in [5.41, 5.74) is 1.77. The molecule has 0 radical (unpaired) electrons. The van der Waals surface area contributed by atoms with Crippen molar-refractivity contribution >= 4 is 21.6 Å². The largest absolute Gasteiger partial charge is 0.308 e. The Morgan fingerprint density at radius 1 is 0.879 bits per heavy atom. The van der Waals surface area contributed by atoms with Gasteiger partial charge in [0.1, 0.15) is 0 Å². The molecule has 1 aliphatic heterocycles. The Balaban J connectivity index is 1.49. The summed E-state index contributed by atoms with van der Waals surface area (Å²) < 4.78 is 53.7. The minimum Gasteiger partial charge on any atom is -0.308 e. The van der Waals surface area contributed by atoms with E-state index >= 15 is 0 Å². The quantitative estimate of drug-likeness (QED) is 0.529. The number of rotatable bonds is 6. The smallest absolute Gasteiger partial charge is 0.243 e. The Morgan fingerprint density at radius 3 is 2.09 bits per heavy atom. The van der Waals surface area contributed by atoms with Crippen molar-refractivity contribution in [2.75, 3.05) is 18.0 Å². The molecule has 1 saturated heterocycles. The first-order valence-electron chi connectivity index (χ1n) is 10.7. The van der Waals surface area contributed by atoms with Crippen LogP contribution in [0.3, 0.4) is 0 Å². The van der Waals surface area contributed by atoms with Crippen LogP contribution in [0.15, 0.2) is 83.8 Å². The van der Waals surface area contributed by atoms with Gasteiger partial charge in [-0.2, -0.15) is 4.31 Å². The average molecular weight is 471 g/mol. The van der Waals surface area contributed by atoms with Crippen molar-refractivity contribution in [3.63, 3.8) is 0 Å². The van der Waals surface area contributed by atoms with Crippen LogP contribution in [-0.4, -0.2) is 31.7 Å². The van der Waals surface area contributed by atoms with Gasteiger partial charge in [0.2, 0.25) is 15.9 Å². The third-order valence-electron chi connectivity index (χ3n) is 5.85. The van der Waals surface area contributed by atoms with E-state index in [0.717, 1.165) is 23.4 Å². The fraction of sp³-hybridized carbons (Fsp3) is 0.240. The number of benzene rings is 3. The van der Waals surface area contributed by atoms with Crippen LogP contribution in [-0.2, 0) is 21.4 Å². The number of carbonyl (C=O) groups excluding carboxylic acids is 1. The van der Waals surface area contributed by atoms with Gasteiger partial charge in [-0.3, -0.25) is 4.79 Å². The molecule has 172 valence electrons. The second-order valence-corrected chi connectivity index (χ2v) is 9.94. The van der Waals surface area contributed by atoms with Crippen LogP contribution in [0.4, 0.5) is 14.5 Å². The van der Waals surface area contributed by atoms with Crippen molar-refractivity contribution < 1.29 is 22.0 Å². The SMILES string of the molecule is O=C(C1CCN(S(=O)(=O)c2ccc(F)c(F)c2)CC1)N(Cc1ccccc1)c1ccccc1. The van der Waals surface area contributed by atoms with Crippen molar-refractivity contribution in [1.82, 2.24) is 4.31 Å². The zero-order chi connectivity index (χ0) is 23.4. The number of piperidine rings is 1. The number of carbonyl (C=O) groups is 1. The Bertz CT molecular complexity index is 1210. The van der Waals surface area contributed by atoms with Gasteiger partial charge in [0.05, 0.1) is 11.4 Å². The molecule has 1 fully saturated rings. The lowest BCUT2D eigenvalue weighted by Crippen LogP contribution is -2.44. The van der Waals surface area contributed by atoms with Crippen molar-refractivity contribution in [2.45, 2.75) is 24.3 Å². The van der Waals surface area contributed by atoms with E-state index in [2.05, 4.69) is 0 Å². The first-order chi connectivity index (χ1) is 15.9. The monoisotopic (exact) mass is 470 g/mol. The number of halogens is 2. The normalized spacial score (nSPS) is 15.3. The summed E-state index contributed by atoms with van der Waals surface area (Å²) in [7, 11) is -3.97. The van der Waals surface area contributed by atoms with Gasteiger partial charge in [0.25, 0.3) is 0 Å². The predicted octanol–water partition coefficient (Wildman–Crippen LogP) is 4.60. The van der Waals surface area contributed by atoms with E-state index in [1.807, 2.05) is 60.7 Å². The number of nitrogens with zero attached hydrogens (tertiary/aromatic N) is 2. The zero-order valence-corrected chi connectivity index (χ0v) is 18.7. The Morgan fingerprint density at radius 2 is 1.48 bits per heavy atom. The number of amides is 1. The molecule has 0 N–H and O–H groups in total. The van der Waals surface area contributed by atoms with E-state index in [1.165, 1.54) is 4.31 Å². The van der Waals surface area contributed by atoms with Crippen LogP contribution in [0.2, 0.25) is 0 Å².